The Balaban J connectivity index is 1.54. The molecule has 0 bridgehead atoms. The lowest BCUT2D eigenvalue weighted by Gasteiger charge is -2.05. The first-order chi connectivity index (χ1) is 11.6. The first-order valence-corrected chi connectivity index (χ1v) is 7.84. The van der Waals surface area contributed by atoms with Crippen LogP contribution in [0.5, 0.6) is 0 Å². The van der Waals surface area contributed by atoms with Crippen molar-refractivity contribution in [1.29, 1.82) is 0 Å². The third kappa shape index (κ3) is 3.82. The number of esters is 1. The van der Waals surface area contributed by atoms with Crippen molar-refractivity contribution in [2.24, 2.45) is 0 Å². The zero-order valence-electron chi connectivity index (χ0n) is 12.7. The van der Waals surface area contributed by atoms with Gasteiger partial charge in [-0.15, -0.1) is 11.3 Å². The van der Waals surface area contributed by atoms with Gasteiger partial charge in [0.1, 0.15) is 12.7 Å². The molecule has 3 rings (SSSR count). The molecule has 2 aromatic heterocycles. The van der Waals surface area contributed by atoms with Crippen LogP contribution in [0.4, 0.5) is 5.13 Å². The van der Waals surface area contributed by atoms with Gasteiger partial charge in [0.2, 0.25) is 0 Å². The zero-order chi connectivity index (χ0) is 16.9. The van der Waals surface area contributed by atoms with E-state index in [1.165, 1.54) is 17.7 Å². The summed E-state index contributed by atoms with van der Waals surface area (Å²) in [6.07, 6.45) is 2.97. The Labute approximate surface area is 141 Å². The minimum Gasteiger partial charge on any atom is -0.452 e. The van der Waals surface area contributed by atoms with E-state index in [1.54, 1.807) is 35.3 Å². The minimum atomic E-state index is -0.578. The number of thiazole rings is 1. The molecule has 1 amide bonds. The summed E-state index contributed by atoms with van der Waals surface area (Å²) in [6.45, 7) is 1.46. The van der Waals surface area contributed by atoms with Crippen LogP contribution in [0.15, 0.2) is 42.3 Å². The molecule has 0 spiro atoms. The fourth-order valence-corrected chi connectivity index (χ4v) is 2.58. The third-order valence-electron chi connectivity index (χ3n) is 2.99. The van der Waals surface area contributed by atoms with Crippen molar-refractivity contribution in [2.75, 3.05) is 11.9 Å². The Morgan fingerprint density at radius 3 is 2.71 bits per heavy atom. The third-order valence-corrected chi connectivity index (χ3v) is 3.86. The summed E-state index contributed by atoms with van der Waals surface area (Å²) in [7, 11) is 0. The van der Waals surface area contributed by atoms with Gasteiger partial charge in [-0.3, -0.25) is 10.1 Å². The highest BCUT2D eigenvalue weighted by Crippen LogP contribution is 2.14. The van der Waals surface area contributed by atoms with Crippen LogP contribution in [0.25, 0.3) is 5.69 Å². The van der Waals surface area contributed by atoms with Crippen LogP contribution in [-0.4, -0.2) is 38.2 Å². The first kappa shape index (κ1) is 15.8. The van der Waals surface area contributed by atoms with Crippen molar-refractivity contribution in [3.8, 4) is 5.69 Å². The molecule has 0 aliphatic carbocycles. The second-order valence-corrected chi connectivity index (χ2v) is 5.66. The first-order valence-electron chi connectivity index (χ1n) is 6.96. The Morgan fingerprint density at radius 2 is 2.08 bits per heavy atom. The summed E-state index contributed by atoms with van der Waals surface area (Å²) < 4.78 is 6.56. The molecule has 1 N–H and O–H groups in total. The molecule has 24 heavy (non-hydrogen) atoms. The van der Waals surface area contributed by atoms with Gasteiger partial charge in [0.25, 0.3) is 5.91 Å². The SMILES string of the molecule is Cc1csc(NC(=O)COC(=O)c2ccc(-n3cncn3)cc2)n1. The number of aryl methyl sites for hydroxylation is 1. The van der Waals surface area contributed by atoms with E-state index >= 15 is 0 Å². The second kappa shape index (κ2) is 7.01. The van der Waals surface area contributed by atoms with Gasteiger partial charge < -0.3 is 4.74 Å². The van der Waals surface area contributed by atoms with Crippen LogP contribution in [0.3, 0.4) is 0 Å². The minimum absolute atomic E-state index is 0.344. The standard InChI is InChI=1S/C15H13N5O3S/c1-10-7-24-15(18-10)19-13(21)6-23-14(22)11-2-4-12(5-3-11)20-9-16-8-17-20/h2-5,7-9H,6H2,1H3,(H,18,19,21). The molecule has 8 nitrogen and oxygen atoms in total. The summed E-state index contributed by atoms with van der Waals surface area (Å²) in [6, 6.07) is 6.62. The van der Waals surface area contributed by atoms with E-state index in [4.69, 9.17) is 4.74 Å². The number of amides is 1. The number of hydrogen-bond acceptors (Lipinski definition) is 7. The number of nitrogens with zero attached hydrogens (tertiary/aromatic N) is 4. The maximum Gasteiger partial charge on any atom is 0.338 e. The summed E-state index contributed by atoms with van der Waals surface area (Å²) in [5.41, 5.74) is 1.93. The van der Waals surface area contributed by atoms with Gasteiger partial charge in [0.05, 0.1) is 16.9 Å². The molecular weight excluding hydrogens is 330 g/mol. The van der Waals surface area contributed by atoms with E-state index in [2.05, 4.69) is 20.4 Å². The number of anilines is 1. The van der Waals surface area contributed by atoms with Gasteiger partial charge in [-0.05, 0) is 31.2 Å². The van der Waals surface area contributed by atoms with E-state index in [-0.39, 0.29) is 6.61 Å². The van der Waals surface area contributed by atoms with Gasteiger partial charge in [-0.2, -0.15) is 5.10 Å². The Morgan fingerprint density at radius 1 is 1.29 bits per heavy atom. The van der Waals surface area contributed by atoms with Crippen molar-refractivity contribution in [2.45, 2.75) is 6.92 Å². The fourth-order valence-electron chi connectivity index (χ4n) is 1.87. The van der Waals surface area contributed by atoms with Gasteiger partial charge >= 0.3 is 5.97 Å². The molecule has 9 heteroatoms. The predicted octanol–water partition coefficient (Wildman–Crippen LogP) is 1.83. The van der Waals surface area contributed by atoms with Gasteiger partial charge in [0, 0.05) is 5.38 Å². The van der Waals surface area contributed by atoms with Crippen LogP contribution in [0, 0.1) is 6.92 Å². The highest BCUT2D eigenvalue weighted by Gasteiger charge is 2.11. The van der Waals surface area contributed by atoms with Gasteiger partial charge in [-0.1, -0.05) is 0 Å². The molecular formula is C15H13N5O3S. The summed E-state index contributed by atoms with van der Waals surface area (Å²) >= 11 is 1.31. The maximum absolute atomic E-state index is 12.0. The quantitative estimate of drug-likeness (QED) is 0.710. The lowest BCUT2D eigenvalue weighted by Crippen LogP contribution is -2.20. The number of benzene rings is 1. The largest absolute Gasteiger partial charge is 0.452 e. The van der Waals surface area contributed by atoms with Crippen LogP contribution in [0.2, 0.25) is 0 Å². The lowest BCUT2D eigenvalue weighted by atomic mass is 10.2. The smallest absolute Gasteiger partial charge is 0.338 e. The molecule has 0 aliphatic heterocycles. The summed E-state index contributed by atoms with van der Waals surface area (Å²) in [5, 5.41) is 8.86. The van der Waals surface area contributed by atoms with Crippen LogP contribution < -0.4 is 5.32 Å². The molecule has 0 radical (unpaired) electrons. The van der Waals surface area contributed by atoms with E-state index in [9.17, 15) is 9.59 Å². The van der Waals surface area contributed by atoms with Crippen LogP contribution in [0.1, 0.15) is 16.1 Å². The molecule has 0 aliphatic rings. The summed E-state index contributed by atoms with van der Waals surface area (Å²) in [5.74, 6) is -1.01. The van der Waals surface area contributed by atoms with E-state index < -0.39 is 11.9 Å². The highest BCUT2D eigenvalue weighted by molar-refractivity contribution is 7.13. The van der Waals surface area contributed by atoms with Gasteiger partial charge in [0.15, 0.2) is 11.7 Å². The highest BCUT2D eigenvalue weighted by atomic mass is 32.1. The zero-order valence-corrected chi connectivity index (χ0v) is 13.5. The molecule has 0 saturated carbocycles. The number of carbonyl (C=O) groups is 2. The average molecular weight is 343 g/mol. The van der Waals surface area contributed by atoms with Crippen molar-refractivity contribution in [3.05, 3.63) is 53.6 Å². The van der Waals surface area contributed by atoms with E-state index in [0.29, 0.717) is 10.7 Å². The summed E-state index contributed by atoms with van der Waals surface area (Å²) in [4.78, 5) is 31.6. The van der Waals surface area contributed by atoms with E-state index in [0.717, 1.165) is 11.4 Å². The Kier molecular flexibility index (Phi) is 4.62. The Hall–Kier alpha value is -3.07. The van der Waals surface area contributed by atoms with Crippen LogP contribution in [-0.2, 0) is 9.53 Å². The van der Waals surface area contributed by atoms with Gasteiger partial charge in [-0.25, -0.2) is 19.4 Å². The molecule has 3 aromatic rings. The van der Waals surface area contributed by atoms with Crippen molar-refractivity contribution in [3.63, 3.8) is 0 Å². The number of hydrogen-bond donors (Lipinski definition) is 1. The van der Waals surface area contributed by atoms with Crippen LogP contribution >= 0.6 is 11.3 Å². The topological polar surface area (TPSA) is 99.0 Å². The molecule has 0 atom stereocenters. The second-order valence-electron chi connectivity index (χ2n) is 4.81. The fraction of sp³-hybridized carbons (Fsp3) is 0.133. The average Bonchev–Trinajstić information content (AvgIpc) is 3.25. The molecule has 122 valence electrons. The molecule has 0 saturated heterocycles. The number of nitrogens with one attached hydrogen (secondary N) is 1. The van der Waals surface area contributed by atoms with Crippen molar-refractivity contribution >= 4 is 28.3 Å². The maximum atomic E-state index is 12.0. The Bertz CT molecular complexity index is 842. The predicted molar refractivity (Wildman–Crippen MR) is 87.1 cm³/mol. The molecule has 1 aromatic carbocycles. The van der Waals surface area contributed by atoms with Crippen molar-refractivity contribution in [1.82, 2.24) is 19.7 Å². The molecule has 2 heterocycles. The monoisotopic (exact) mass is 343 g/mol. The lowest BCUT2D eigenvalue weighted by molar-refractivity contribution is -0.119. The number of ether oxygens (including phenoxy) is 1. The number of aromatic nitrogens is 4. The molecule has 0 fully saturated rings. The molecule has 0 unspecified atom stereocenters. The number of rotatable bonds is 5. The number of carbonyl (C=O) groups excluding carboxylic acids is 2. The van der Waals surface area contributed by atoms with Crippen molar-refractivity contribution < 1.29 is 14.3 Å². The van der Waals surface area contributed by atoms with E-state index in [1.807, 2.05) is 12.3 Å². The normalized spacial score (nSPS) is 10.4.